The largest absolute Gasteiger partial charge is 0.396 e. The number of fused-ring (bicyclic) bond motifs is 1. The molecule has 0 aliphatic rings. The first-order chi connectivity index (χ1) is 10.7. The Morgan fingerprint density at radius 2 is 2.05 bits per heavy atom. The molecule has 116 valence electrons. The maximum absolute atomic E-state index is 12.0. The van der Waals surface area contributed by atoms with Gasteiger partial charge in [-0.15, -0.1) is 0 Å². The molecular formula is C17H21N3O2. The standard InChI is InChI=1S/C17H21N3O2/c18-10-4-1-5-11-20-15-9-3-2-7-13(15)14(8-6-12-21)16(20)17(19)22/h2-3,7,9,21H,1,4-6,8,11-12H2,(H2,19,22). The molecule has 22 heavy (non-hydrogen) atoms. The number of unbranched alkanes of at least 4 members (excludes halogenated alkanes) is 2. The second kappa shape index (κ2) is 7.62. The SMILES string of the molecule is N#CCCCCn1c(C(N)=O)c(CCCO)c2ccccc21. The van der Waals surface area contributed by atoms with Gasteiger partial charge in [0.25, 0.3) is 5.91 Å². The normalized spacial score (nSPS) is 10.7. The van der Waals surface area contributed by atoms with Crippen LogP contribution in [0.3, 0.4) is 0 Å². The molecule has 1 amide bonds. The van der Waals surface area contributed by atoms with Crippen LogP contribution in [0.1, 0.15) is 41.7 Å². The first kappa shape index (κ1) is 16.1. The lowest BCUT2D eigenvalue weighted by Crippen LogP contribution is -2.19. The van der Waals surface area contributed by atoms with Crippen LogP contribution in [-0.2, 0) is 13.0 Å². The number of hydrogen-bond donors (Lipinski definition) is 2. The molecule has 1 aromatic carbocycles. The molecule has 0 saturated heterocycles. The Kier molecular flexibility index (Phi) is 5.56. The van der Waals surface area contributed by atoms with Crippen LogP contribution in [0.25, 0.3) is 10.9 Å². The summed E-state index contributed by atoms with van der Waals surface area (Å²) in [6.45, 7) is 0.749. The fraction of sp³-hybridized carbons (Fsp3) is 0.412. The molecule has 5 nitrogen and oxygen atoms in total. The van der Waals surface area contributed by atoms with E-state index in [1.54, 1.807) is 0 Å². The van der Waals surface area contributed by atoms with Gasteiger partial charge in [-0.05, 0) is 37.3 Å². The molecule has 0 spiro atoms. The molecule has 5 heteroatoms. The lowest BCUT2D eigenvalue weighted by Gasteiger charge is -2.09. The maximum Gasteiger partial charge on any atom is 0.265 e. The van der Waals surface area contributed by atoms with Crippen molar-refractivity contribution in [2.24, 2.45) is 5.73 Å². The summed E-state index contributed by atoms with van der Waals surface area (Å²) in [5.74, 6) is -0.440. The molecular weight excluding hydrogens is 278 g/mol. The van der Waals surface area contributed by atoms with Crippen molar-refractivity contribution in [2.75, 3.05) is 6.61 Å². The highest BCUT2D eigenvalue weighted by molar-refractivity contribution is 6.01. The van der Waals surface area contributed by atoms with Gasteiger partial charge in [0, 0.05) is 30.5 Å². The number of aryl methyl sites for hydroxylation is 2. The minimum atomic E-state index is -0.440. The maximum atomic E-state index is 12.0. The number of nitriles is 1. The zero-order chi connectivity index (χ0) is 15.9. The molecule has 0 atom stereocenters. The van der Waals surface area contributed by atoms with Crippen molar-refractivity contribution in [3.8, 4) is 6.07 Å². The third kappa shape index (κ3) is 3.29. The fourth-order valence-corrected chi connectivity index (χ4v) is 2.87. The van der Waals surface area contributed by atoms with E-state index in [0.29, 0.717) is 31.5 Å². The molecule has 0 bridgehead atoms. The van der Waals surface area contributed by atoms with Crippen LogP contribution in [0.4, 0.5) is 0 Å². The number of benzene rings is 1. The van der Waals surface area contributed by atoms with Gasteiger partial charge in [0.05, 0.1) is 6.07 Å². The fourth-order valence-electron chi connectivity index (χ4n) is 2.87. The monoisotopic (exact) mass is 299 g/mol. The smallest absolute Gasteiger partial charge is 0.265 e. The number of nitrogens with zero attached hydrogens (tertiary/aromatic N) is 2. The number of carbonyl (C=O) groups excluding carboxylic acids is 1. The van der Waals surface area contributed by atoms with Crippen LogP contribution in [-0.4, -0.2) is 22.2 Å². The number of aliphatic hydroxyl groups is 1. The van der Waals surface area contributed by atoms with Gasteiger partial charge in [0.15, 0.2) is 0 Å². The number of hydrogen-bond acceptors (Lipinski definition) is 3. The van der Waals surface area contributed by atoms with E-state index in [9.17, 15) is 4.79 Å². The minimum absolute atomic E-state index is 0.0832. The summed E-state index contributed by atoms with van der Waals surface area (Å²) in [6.07, 6.45) is 3.37. The second-order valence-electron chi connectivity index (χ2n) is 5.30. The van der Waals surface area contributed by atoms with E-state index in [1.165, 1.54) is 0 Å². The zero-order valence-corrected chi connectivity index (χ0v) is 12.6. The predicted molar refractivity (Wildman–Crippen MR) is 85.3 cm³/mol. The van der Waals surface area contributed by atoms with Crippen molar-refractivity contribution in [3.05, 3.63) is 35.5 Å². The van der Waals surface area contributed by atoms with Gasteiger partial charge in [-0.25, -0.2) is 0 Å². The topological polar surface area (TPSA) is 92.0 Å². The van der Waals surface area contributed by atoms with Crippen LogP contribution in [0, 0.1) is 11.3 Å². The highest BCUT2D eigenvalue weighted by atomic mass is 16.2. The Labute approximate surface area is 130 Å². The molecule has 2 rings (SSSR count). The number of amides is 1. The average Bonchev–Trinajstić information content (AvgIpc) is 2.83. The first-order valence-electron chi connectivity index (χ1n) is 7.58. The number of nitrogens with two attached hydrogens (primary N) is 1. The van der Waals surface area contributed by atoms with Crippen LogP contribution < -0.4 is 5.73 Å². The second-order valence-corrected chi connectivity index (χ2v) is 5.30. The van der Waals surface area contributed by atoms with E-state index in [1.807, 2.05) is 28.8 Å². The lowest BCUT2D eigenvalue weighted by atomic mass is 10.1. The molecule has 1 aromatic heterocycles. The lowest BCUT2D eigenvalue weighted by molar-refractivity contribution is 0.0990. The van der Waals surface area contributed by atoms with Crippen molar-refractivity contribution in [2.45, 2.75) is 38.6 Å². The third-order valence-electron chi connectivity index (χ3n) is 3.81. The predicted octanol–water partition coefficient (Wildman–Crippen LogP) is 2.36. The van der Waals surface area contributed by atoms with Crippen LogP contribution >= 0.6 is 0 Å². The first-order valence-corrected chi connectivity index (χ1v) is 7.58. The Hall–Kier alpha value is -2.32. The highest BCUT2D eigenvalue weighted by Crippen LogP contribution is 2.28. The molecule has 1 heterocycles. The number of rotatable bonds is 8. The van der Waals surface area contributed by atoms with E-state index < -0.39 is 5.91 Å². The molecule has 0 fully saturated rings. The molecule has 0 unspecified atom stereocenters. The molecule has 0 aliphatic carbocycles. The van der Waals surface area contributed by atoms with Crippen molar-refractivity contribution in [1.82, 2.24) is 4.57 Å². The van der Waals surface area contributed by atoms with E-state index in [0.717, 1.165) is 29.3 Å². The number of para-hydroxylation sites is 1. The van der Waals surface area contributed by atoms with E-state index in [4.69, 9.17) is 16.1 Å². The van der Waals surface area contributed by atoms with E-state index in [-0.39, 0.29) is 6.61 Å². The Balaban J connectivity index is 2.45. The van der Waals surface area contributed by atoms with E-state index >= 15 is 0 Å². The van der Waals surface area contributed by atoms with E-state index in [2.05, 4.69) is 6.07 Å². The van der Waals surface area contributed by atoms with Gasteiger partial charge < -0.3 is 15.4 Å². The molecule has 0 aliphatic heterocycles. The Morgan fingerprint density at radius 3 is 2.73 bits per heavy atom. The summed E-state index contributed by atoms with van der Waals surface area (Å²) in [5, 5.41) is 18.7. The Bertz CT molecular complexity index is 698. The van der Waals surface area contributed by atoms with Crippen LogP contribution in [0.2, 0.25) is 0 Å². The quantitative estimate of drug-likeness (QED) is 0.733. The third-order valence-corrected chi connectivity index (χ3v) is 3.81. The van der Waals surface area contributed by atoms with Gasteiger partial charge in [-0.1, -0.05) is 18.2 Å². The summed E-state index contributed by atoms with van der Waals surface area (Å²) in [6, 6.07) is 9.98. The van der Waals surface area contributed by atoms with Gasteiger partial charge in [0.2, 0.25) is 0 Å². The van der Waals surface area contributed by atoms with Crippen molar-refractivity contribution < 1.29 is 9.90 Å². The highest BCUT2D eigenvalue weighted by Gasteiger charge is 2.20. The molecule has 0 saturated carbocycles. The zero-order valence-electron chi connectivity index (χ0n) is 12.6. The van der Waals surface area contributed by atoms with Crippen LogP contribution in [0.15, 0.2) is 24.3 Å². The summed E-state index contributed by atoms with van der Waals surface area (Å²) in [5.41, 5.74) is 8.04. The number of aromatic nitrogens is 1. The van der Waals surface area contributed by atoms with Gasteiger partial charge in [0.1, 0.15) is 5.69 Å². The number of aliphatic hydroxyl groups excluding tert-OH is 1. The van der Waals surface area contributed by atoms with Crippen molar-refractivity contribution in [1.29, 1.82) is 5.26 Å². The van der Waals surface area contributed by atoms with Gasteiger partial charge >= 0.3 is 0 Å². The summed E-state index contributed by atoms with van der Waals surface area (Å²) in [7, 11) is 0. The molecule has 0 radical (unpaired) electrons. The average molecular weight is 299 g/mol. The van der Waals surface area contributed by atoms with Gasteiger partial charge in [-0.2, -0.15) is 5.26 Å². The van der Waals surface area contributed by atoms with Crippen molar-refractivity contribution in [3.63, 3.8) is 0 Å². The summed E-state index contributed by atoms with van der Waals surface area (Å²) >= 11 is 0. The summed E-state index contributed by atoms with van der Waals surface area (Å²) < 4.78 is 1.96. The summed E-state index contributed by atoms with van der Waals surface area (Å²) in [4.78, 5) is 12.0. The van der Waals surface area contributed by atoms with Crippen molar-refractivity contribution >= 4 is 16.8 Å². The number of carbonyl (C=O) groups is 1. The minimum Gasteiger partial charge on any atom is -0.396 e. The Morgan fingerprint density at radius 1 is 1.27 bits per heavy atom. The van der Waals surface area contributed by atoms with Gasteiger partial charge in [-0.3, -0.25) is 4.79 Å². The number of primary amides is 1. The van der Waals surface area contributed by atoms with Crippen LogP contribution in [0.5, 0.6) is 0 Å². The molecule has 2 aromatic rings. The molecule has 3 N–H and O–H groups in total.